The summed E-state index contributed by atoms with van der Waals surface area (Å²) in [6, 6.07) is 6.21. The van der Waals surface area contributed by atoms with Crippen LogP contribution in [0.15, 0.2) is 24.3 Å². The largest absolute Gasteiger partial charge is 0.416 e. The first-order valence-corrected chi connectivity index (χ1v) is 6.12. The van der Waals surface area contributed by atoms with Crippen molar-refractivity contribution < 1.29 is 13.2 Å². The van der Waals surface area contributed by atoms with E-state index in [-0.39, 0.29) is 17.4 Å². The molecular formula is C14H18F3N. The number of rotatable bonds is 2. The van der Waals surface area contributed by atoms with Crippen LogP contribution in [-0.4, -0.2) is 13.1 Å². The summed E-state index contributed by atoms with van der Waals surface area (Å²) in [5.41, 5.74) is -0.199. The summed E-state index contributed by atoms with van der Waals surface area (Å²) >= 11 is 0. The quantitative estimate of drug-likeness (QED) is 0.849. The molecule has 1 aliphatic carbocycles. The van der Waals surface area contributed by atoms with E-state index >= 15 is 0 Å². The van der Waals surface area contributed by atoms with Crippen molar-refractivity contribution in [3.63, 3.8) is 0 Å². The van der Waals surface area contributed by atoms with Crippen LogP contribution in [0.25, 0.3) is 0 Å². The summed E-state index contributed by atoms with van der Waals surface area (Å²) in [7, 11) is 1.86. The molecule has 100 valence electrons. The van der Waals surface area contributed by atoms with Gasteiger partial charge in [-0.2, -0.15) is 13.2 Å². The van der Waals surface area contributed by atoms with Crippen molar-refractivity contribution in [3.05, 3.63) is 35.4 Å². The number of benzene rings is 1. The van der Waals surface area contributed by atoms with E-state index in [1.807, 2.05) is 20.9 Å². The predicted molar refractivity (Wildman–Crippen MR) is 65.4 cm³/mol. The first kappa shape index (κ1) is 13.4. The van der Waals surface area contributed by atoms with Crippen LogP contribution in [0.3, 0.4) is 0 Å². The molecule has 4 heteroatoms. The van der Waals surface area contributed by atoms with Gasteiger partial charge in [0, 0.05) is 6.04 Å². The smallest absolute Gasteiger partial charge is 0.316 e. The third-order valence-corrected chi connectivity index (χ3v) is 4.26. The highest BCUT2D eigenvalue weighted by Crippen LogP contribution is 2.54. The van der Waals surface area contributed by atoms with Gasteiger partial charge < -0.3 is 5.32 Å². The third kappa shape index (κ3) is 2.03. The lowest BCUT2D eigenvalue weighted by atomic mass is 9.56. The molecular weight excluding hydrogens is 239 g/mol. The molecule has 0 heterocycles. The van der Waals surface area contributed by atoms with Crippen molar-refractivity contribution in [2.75, 3.05) is 7.05 Å². The molecule has 0 bridgehead atoms. The fourth-order valence-electron chi connectivity index (χ4n) is 3.00. The molecule has 0 spiro atoms. The average Bonchev–Trinajstić information content (AvgIpc) is 2.27. The van der Waals surface area contributed by atoms with Gasteiger partial charge in [0.15, 0.2) is 0 Å². The molecule has 1 aromatic carbocycles. The molecule has 1 aromatic rings. The van der Waals surface area contributed by atoms with Crippen molar-refractivity contribution >= 4 is 0 Å². The first-order valence-electron chi connectivity index (χ1n) is 6.12. The molecule has 1 nitrogen and oxygen atoms in total. The Morgan fingerprint density at radius 2 is 1.83 bits per heavy atom. The second-order valence-electron chi connectivity index (χ2n) is 5.54. The van der Waals surface area contributed by atoms with Gasteiger partial charge >= 0.3 is 6.18 Å². The highest BCUT2D eigenvalue weighted by molar-refractivity contribution is 5.37. The number of halogens is 3. The van der Waals surface area contributed by atoms with Crippen molar-refractivity contribution in [1.29, 1.82) is 0 Å². The van der Waals surface area contributed by atoms with Gasteiger partial charge in [0.25, 0.3) is 0 Å². The van der Waals surface area contributed by atoms with Crippen molar-refractivity contribution in [2.45, 2.75) is 38.4 Å². The number of alkyl halides is 3. The molecule has 0 saturated heterocycles. The normalized spacial score (nSPS) is 26.8. The van der Waals surface area contributed by atoms with Crippen molar-refractivity contribution in [3.8, 4) is 0 Å². The Kier molecular flexibility index (Phi) is 3.18. The van der Waals surface area contributed by atoms with Crippen LogP contribution in [0, 0.1) is 5.41 Å². The summed E-state index contributed by atoms with van der Waals surface area (Å²) in [6.45, 7) is 4.05. The minimum Gasteiger partial charge on any atom is -0.316 e. The Hall–Kier alpha value is -1.03. The predicted octanol–water partition coefficient (Wildman–Crippen LogP) is 3.81. The van der Waals surface area contributed by atoms with Crippen LogP contribution >= 0.6 is 0 Å². The monoisotopic (exact) mass is 257 g/mol. The topological polar surface area (TPSA) is 12.0 Å². The Morgan fingerprint density at radius 1 is 1.22 bits per heavy atom. The molecule has 1 fully saturated rings. The highest BCUT2D eigenvalue weighted by atomic mass is 19.4. The van der Waals surface area contributed by atoms with Crippen LogP contribution in [0.5, 0.6) is 0 Å². The van der Waals surface area contributed by atoms with E-state index in [2.05, 4.69) is 5.32 Å². The van der Waals surface area contributed by atoms with E-state index in [9.17, 15) is 13.2 Å². The van der Waals surface area contributed by atoms with Gasteiger partial charge in [0.1, 0.15) is 0 Å². The molecule has 2 rings (SSSR count). The maximum atomic E-state index is 13.0. The van der Waals surface area contributed by atoms with E-state index < -0.39 is 11.7 Å². The van der Waals surface area contributed by atoms with Crippen LogP contribution in [0.1, 0.15) is 37.3 Å². The molecule has 0 aromatic heterocycles. The third-order valence-electron chi connectivity index (χ3n) is 4.26. The maximum Gasteiger partial charge on any atom is 0.416 e. The fraction of sp³-hybridized carbons (Fsp3) is 0.571. The van der Waals surface area contributed by atoms with Crippen LogP contribution in [-0.2, 0) is 6.18 Å². The first-order chi connectivity index (χ1) is 8.28. The molecule has 0 aliphatic heterocycles. The molecule has 0 radical (unpaired) electrons. The Balaban J connectivity index is 2.37. The lowest BCUT2D eigenvalue weighted by molar-refractivity contribution is -0.139. The van der Waals surface area contributed by atoms with Gasteiger partial charge in [-0.3, -0.25) is 0 Å². The van der Waals surface area contributed by atoms with Gasteiger partial charge in [-0.25, -0.2) is 0 Å². The molecule has 1 saturated carbocycles. The SMILES string of the molecule is CNC1CC(c2ccccc2C(F)(F)F)C1(C)C. The van der Waals surface area contributed by atoms with Gasteiger partial charge in [0.2, 0.25) is 0 Å². The highest BCUT2D eigenvalue weighted by Gasteiger charge is 2.50. The zero-order chi connectivity index (χ0) is 13.6. The van der Waals surface area contributed by atoms with E-state index in [1.165, 1.54) is 12.1 Å². The van der Waals surface area contributed by atoms with Gasteiger partial charge in [-0.05, 0) is 36.4 Å². The van der Waals surface area contributed by atoms with E-state index in [1.54, 1.807) is 12.1 Å². The molecule has 18 heavy (non-hydrogen) atoms. The van der Waals surface area contributed by atoms with Gasteiger partial charge in [-0.15, -0.1) is 0 Å². The number of hydrogen-bond acceptors (Lipinski definition) is 1. The summed E-state index contributed by atoms with van der Waals surface area (Å²) in [5, 5.41) is 3.17. The van der Waals surface area contributed by atoms with Gasteiger partial charge in [-0.1, -0.05) is 32.0 Å². The van der Waals surface area contributed by atoms with Crippen LogP contribution in [0.4, 0.5) is 13.2 Å². The lowest BCUT2D eigenvalue weighted by Gasteiger charge is -2.53. The van der Waals surface area contributed by atoms with Crippen LogP contribution < -0.4 is 5.32 Å². The Morgan fingerprint density at radius 3 is 2.33 bits per heavy atom. The van der Waals surface area contributed by atoms with Crippen molar-refractivity contribution in [1.82, 2.24) is 5.32 Å². The summed E-state index contributed by atoms with van der Waals surface area (Å²) in [5.74, 6) is -0.0345. The van der Waals surface area contributed by atoms with Crippen LogP contribution in [0.2, 0.25) is 0 Å². The summed E-state index contributed by atoms with van der Waals surface area (Å²) in [4.78, 5) is 0. The molecule has 0 amide bonds. The zero-order valence-electron chi connectivity index (χ0n) is 10.8. The molecule has 2 atom stereocenters. The molecule has 1 N–H and O–H groups in total. The van der Waals surface area contributed by atoms with Crippen molar-refractivity contribution in [2.24, 2.45) is 5.41 Å². The molecule has 1 aliphatic rings. The van der Waals surface area contributed by atoms with Gasteiger partial charge in [0.05, 0.1) is 5.56 Å². The molecule has 2 unspecified atom stereocenters. The number of hydrogen-bond donors (Lipinski definition) is 1. The fourth-order valence-corrected chi connectivity index (χ4v) is 3.00. The zero-order valence-corrected chi connectivity index (χ0v) is 10.8. The average molecular weight is 257 g/mol. The Bertz CT molecular complexity index is 437. The second-order valence-corrected chi connectivity index (χ2v) is 5.54. The van der Waals surface area contributed by atoms with E-state index in [4.69, 9.17) is 0 Å². The summed E-state index contributed by atoms with van der Waals surface area (Å²) in [6.07, 6.45) is -3.51. The standard InChI is InChI=1S/C14H18F3N/c1-13(2)11(8-12(13)18-3)9-6-4-5-7-10(9)14(15,16)17/h4-7,11-12,18H,8H2,1-3H3. The van der Waals surface area contributed by atoms with E-state index in [0.717, 1.165) is 6.42 Å². The maximum absolute atomic E-state index is 13.0. The lowest BCUT2D eigenvalue weighted by Crippen LogP contribution is -2.54. The number of nitrogens with one attached hydrogen (secondary N) is 1. The summed E-state index contributed by atoms with van der Waals surface area (Å²) < 4.78 is 39.0. The minimum atomic E-state index is -4.27. The second kappa shape index (κ2) is 4.26. The Labute approximate surface area is 105 Å². The van der Waals surface area contributed by atoms with E-state index in [0.29, 0.717) is 5.56 Å². The minimum absolute atomic E-state index is 0.0345.